The first kappa shape index (κ1) is 10.2. The van der Waals surface area contributed by atoms with E-state index in [1.165, 1.54) is 12.1 Å². The second-order valence-corrected chi connectivity index (χ2v) is 3.64. The summed E-state index contributed by atoms with van der Waals surface area (Å²) in [6.07, 6.45) is 8.04. The van der Waals surface area contributed by atoms with Crippen LogP contribution in [-0.2, 0) is 0 Å². The molecule has 75 valence electrons. The molecule has 0 aromatic heterocycles. The van der Waals surface area contributed by atoms with Crippen LogP contribution in [0.2, 0.25) is 0 Å². The lowest BCUT2D eigenvalue weighted by molar-refractivity contribution is 0.573. The molecule has 0 saturated carbocycles. The molecule has 0 aliphatic heterocycles. The molecule has 0 spiro atoms. The van der Waals surface area contributed by atoms with Gasteiger partial charge < -0.3 is 0 Å². The lowest BCUT2D eigenvalue weighted by Crippen LogP contribution is -2.10. The maximum Gasteiger partial charge on any atom is 0.130 e. The van der Waals surface area contributed by atoms with Gasteiger partial charge in [-0.2, -0.15) is 0 Å². The molecule has 1 aromatic rings. The Labute approximate surface area is 91.9 Å². The molecule has 0 fully saturated rings. The van der Waals surface area contributed by atoms with Crippen LogP contribution in [0.4, 0.5) is 8.78 Å². The third-order valence-corrected chi connectivity index (χ3v) is 2.58. The zero-order valence-corrected chi connectivity index (χ0v) is 8.52. The first-order valence-electron chi connectivity index (χ1n) is 4.44. The number of thiocarbonyl (C=S) groups is 1. The van der Waals surface area contributed by atoms with E-state index in [0.29, 0.717) is 10.4 Å². The monoisotopic (exact) mass is 221 g/mol. The van der Waals surface area contributed by atoms with Crippen molar-refractivity contribution >= 4 is 17.1 Å². The quantitative estimate of drug-likeness (QED) is 0.655. The molecule has 1 atom stereocenters. The van der Waals surface area contributed by atoms with E-state index >= 15 is 0 Å². The van der Waals surface area contributed by atoms with Gasteiger partial charge in [-0.15, -0.1) is 0 Å². The Morgan fingerprint density at radius 1 is 1.27 bits per heavy atom. The van der Waals surface area contributed by atoms with Crippen LogP contribution in [0.15, 0.2) is 36.4 Å². The van der Waals surface area contributed by atoms with E-state index < -0.39 is 11.6 Å². The van der Waals surface area contributed by atoms with Gasteiger partial charge in [-0.3, -0.25) is 0 Å². The third kappa shape index (κ3) is 2.02. The van der Waals surface area contributed by atoms with Crippen LogP contribution in [0.3, 0.4) is 0 Å². The predicted octanol–water partition coefficient (Wildman–Crippen LogP) is 3.35. The van der Waals surface area contributed by atoms with Gasteiger partial charge in [-0.25, -0.2) is 8.78 Å². The standard InChI is InChI=1S/C12H7F2S/c13-8-5-6-9(11(14)7-8)10-3-1-2-4-12(10)15/h1-3,5-7,10H. The molecular weight excluding hydrogens is 214 g/mol. The van der Waals surface area contributed by atoms with Gasteiger partial charge in [-0.1, -0.05) is 36.5 Å². The van der Waals surface area contributed by atoms with Gasteiger partial charge in [0.1, 0.15) is 11.6 Å². The second kappa shape index (κ2) is 4.03. The minimum atomic E-state index is -0.582. The molecule has 1 aromatic carbocycles. The van der Waals surface area contributed by atoms with Gasteiger partial charge in [0.25, 0.3) is 0 Å². The maximum absolute atomic E-state index is 13.4. The highest BCUT2D eigenvalue weighted by atomic mass is 32.1. The Morgan fingerprint density at radius 2 is 2.07 bits per heavy atom. The van der Waals surface area contributed by atoms with Crippen LogP contribution in [0.1, 0.15) is 11.5 Å². The normalized spacial score (nSPS) is 19.6. The van der Waals surface area contributed by atoms with Crippen LogP contribution in [-0.4, -0.2) is 4.86 Å². The second-order valence-electron chi connectivity index (χ2n) is 3.20. The summed E-state index contributed by atoms with van der Waals surface area (Å²) in [5, 5.41) is 0. The summed E-state index contributed by atoms with van der Waals surface area (Å²) in [7, 11) is 0. The molecule has 0 bridgehead atoms. The van der Waals surface area contributed by atoms with Crippen LogP contribution in [0, 0.1) is 17.7 Å². The fourth-order valence-corrected chi connectivity index (χ4v) is 1.75. The first-order valence-corrected chi connectivity index (χ1v) is 4.84. The van der Waals surface area contributed by atoms with Crippen molar-refractivity contribution in [3.63, 3.8) is 0 Å². The molecule has 3 heteroatoms. The van der Waals surface area contributed by atoms with Crippen molar-refractivity contribution in [1.29, 1.82) is 0 Å². The van der Waals surface area contributed by atoms with E-state index in [-0.39, 0.29) is 5.92 Å². The molecule has 0 saturated heterocycles. The van der Waals surface area contributed by atoms with E-state index in [4.69, 9.17) is 12.2 Å². The topological polar surface area (TPSA) is 0 Å². The van der Waals surface area contributed by atoms with Crippen molar-refractivity contribution in [3.05, 3.63) is 59.7 Å². The Bertz CT molecular complexity index is 461. The molecule has 1 aliphatic carbocycles. The number of allylic oxidation sites excluding steroid dienone is 4. The van der Waals surface area contributed by atoms with E-state index in [0.717, 1.165) is 6.07 Å². The van der Waals surface area contributed by atoms with E-state index in [2.05, 4.69) is 6.08 Å². The Morgan fingerprint density at radius 3 is 2.73 bits per heavy atom. The molecule has 1 aliphatic rings. The molecular formula is C12H7F2S. The van der Waals surface area contributed by atoms with Gasteiger partial charge in [0.2, 0.25) is 0 Å². The van der Waals surface area contributed by atoms with E-state index in [1.54, 1.807) is 18.2 Å². The van der Waals surface area contributed by atoms with Crippen molar-refractivity contribution in [3.8, 4) is 0 Å². The van der Waals surface area contributed by atoms with Crippen molar-refractivity contribution < 1.29 is 8.78 Å². The predicted molar refractivity (Wildman–Crippen MR) is 58.7 cm³/mol. The summed E-state index contributed by atoms with van der Waals surface area (Å²) in [5.41, 5.74) is 0.387. The number of hydrogen-bond acceptors (Lipinski definition) is 1. The smallest absolute Gasteiger partial charge is 0.130 e. The number of benzene rings is 1. The summed E-state index contributed by atoms with van der Waals surface area (Å²) < 4.78 is 26.1. The van der Waals surface area contributed by atoms with E-state index in [1.807, 2.05) is 0 Å². The van der Waals surface area contributed by atoms with Crippen LogP contribution < -0.4 is 0 Å². The minimum Gasteiger partial charge on any atom is -0.207 e. The third-order valence-electron chi connectivity index (χ3n) is 2.21. The zero-order valence-electron chi connectivity index (χ0n) is 7.71. The Balaban J connectivity index is 2.41. The molecule has 0 amide bonds. The summed E-state index contributed by atoms with van der Waals surface area (Å²) in [6, 6.07) is 3.51. The minimum absolute atomic E-state index is 0.314. The summed E-state index contributed by atoms with van der Waals surface area (Å²) >= 11 is 5.05. The Kier molecular flexibility index (Phi) is 2.73. The van der Waals surface area contributed by atoms with Crippen LogP contribution in [0.5, 0.6) is 0 Å². The van der Waals surface area contributed by atoms with Gasteiger partial charge in [0.05, 0.1) is 0 Å². The van der Waals surface area contributed by atoms with Gasteiger partial charge in [0, 0.05) is 22.4 Å². The summed E-state index contributed by atoms with van der Waals surface area (Å²) in [6.45, 7) is 0. The zero-order chi connectivity index (χ0) is 10.8. The van der Waals surface area contributed by atoms with Crippen molar-refractivity contribution in [2.24, 2.45) is 0 Å². The summed E-state index contributed by atoms with van der Waals surface area (Å²) in [5.74, 6) is -1.47. The number of halogens is 2. The van der Waals surface area contributed by atoms with Crippen molar-refractivity contribution in [2.75, 3.05) is 0 Å². The van der Waals surface area contributed by atoms with Crippen molar-refractivity contribution in [2.45, 2.75) is 5.92 Å². The first-order chi connectivity index (χ1) is 7.18. The summed E-state index contributed by atoms with van der Waals surface area (Å²) in [4.78, 5) is 0.517. The maximum atomic E-state index is 13.4. The highest BCUT2D eigenvalue weighted by Crippen LogP contribution is 2.25. The average molecular weight is 221 g/mol. The fraction of sp³-hybridized carbons (Fsp3) is 0.0833. The molecule has 2 rings (SSSR count). The molecule has 1 radical (unpaired) electrons. The SMILES string of the molecule is Fc1ccc(C2C=CC=[C]C2=S)c(F)c1. The Hall–Kier alpha value is -1.35. The molecule has 15 heavy (non-hydrogen) atoms. The van der Waals surface area contributed by atoms with Gasteiger partial charge in [0.15, 0.2) is 0 Å². The van der Waals surface area contributed by atoms with Crippen LogP contribution >= 0.6 is 12.2 Å². The average Bonchev–Trinajstić information content (AvgIpc) is 2.20. The number of hydrogen-bond donors (Lipinski definition) is 0. The fourth-order valence-electron chi connectivity index (χ4n) is 1.47. The molecule has 0 heterocycles. The van der Waals surface area contributed by atoms with E-state index in [9.17, 15) is 8.78 Å². The van der Waals surface area contributed by atoms with Gasteiger partial charge >= 0.3 is 0 Å². The molecule has 1 unspecified atom stereocenters. The highest BCUT2D eigenvalue weighted by molar-refractivity contribution is 7.80. The highest BCUT2D eigenvalue weighted by Gasteiger charge is 2.18. The molecule has 0 nitrogen and oxygen atoms in total. The number of rotatable bonds is 1. The largest absolute Gasteiger partial charge is 0.207 e. The lowest BCUT2D eigenvalue weighted by Gasteiger charge is -2.14. The lowest BCUT2D eigenvalue weighted by atomic mass is 9.92. The van der Waals surface area contributed by atoms with Gasteiger partial charge in [-0.05, 0) is 12.1 Å². The molecule has 0 N–H and O–H groups in total. The van der Waals surface area contributed by atoms with Crippen LogP contribution in [0.25, 0.3) is 0 Å². The van der Waals surface area contributed by atoms with Crippen molar-refractivity contribution in [1.82, 2.24) is 0 Å².